The zero-order chi connectivity index (χ0) is 72.1. The Hall–Kier alpha value is -1.94. The van der Waals surface area contributed by atoms with E-state index in [0.29, 0.717) is 31.6 Å². The van der Waals surface area contributed by atoms with Crippen LogP contribution in [0.5, 0.6) is 0 Å². The quantitative estimate of drug-likeness (QED) is 0.0222. The van der Waals surface area contributed by atoms with E-state index in [0.717, 1.165) is 102 Å². The van der Waals surface area contributed by atoms with Gasteiger partial charge in [0.15, 0.2) is 12.2 Å². The van der Waals surface area contributed by atoms with Crippen molar-refractivity contribution in [3.8, 4) is 0 Å². The van der Waals surface area contributed by atoms with Crippen molar-refractivity contribution in [1.82, 2.24) is 0 Å². The smallest absolute Gasteiger partial charge is 0.462 e. The number of esters is 4. The van der Waals surface area contributed by atoms with Crippen molar-refractivity contribution in [1.29, 1.82) is 0 Å². The van der Waals surface area contributed by atoms with Gasteiger partial charge >= 0.3 is 39.5 Å². The molecule has 3 N–H and O–H groups in total. The molecule has 0 radical (unpaired) electrons. The number of unbranched alkanes of at least 4 members (excludes halogenated alkanes) is 48. The van der Waals surface area contributed by atoms with Gasteiger partial charge in [-0.15, -0.1) is 0 Å². The van der Waals surface area contributed by atoms with Gasteiger partial charge in [0.2, 0.25) is 0 Å². The van der Waals surface area contributed by atoms with Crippen LogP contribution >= 0.6 is 15.6 Å². The van der Waals surface area contributed by atoms with Crippen molar-refractivity contribution >= 4 is 39.5 Å². The fourth-order valence-electron chi connectivity index (χ4n) is 12.2. The number of carbonyl (C=O) groups excluding carboxylic acids is 4. The first-order valence-corrected chi connectivity index (χ1v) is 44.0. The van der Waals surface area contributed by atoms with Crippen LogP contribution in [0.25, 0.3) is 0 Å². The lowest BCUT2D eigenvalue weighted by molar-refractivity contribution is -0.161. The molecule has 0 fully saturated rings. The number of carbonyl (C=O) groups is 4. The highest BCUT2D eigenvalue weighted by Crippen LogP contribution is 2.45. The van der Waals surface area contributed by atoms with Crippen molar-refractivity contribution in [2.45, 2.75) is 432 Å². The van der Waals surface area contributed by atoms with Crippen LogP contribution in [0.4, 0.5) is 0 Å². The van der Waals surface area contributed by atoms with Gasteiger partial charge in [-0.2, -0.15) is 0 Å². The number of aliphatic hydroxyl groups excluding tert-OH is 1. The summed E-state index contributed by atoms with van der Waals surface area (Å²) in [7, 11) is -9.91. The summed E-state index contributed by atoms with van der Waals surface area (Å²) >= 11 is 0. The van der Waals surface area contributed by atoms with Crippen LogP contribution in [0.1, 0.15) is 414 Å². The Morgan fingerprint density at radius 3 is 0.694 bits per heavy atom. The summed E-state index contributed by atoms with van der Waals surface area (Å²) in [5.74, 6) is -0.652. The third kappa shape index (κ3) is 72.4. The minimum Gasteiger partial charge on any atom is -0.462 e. The summed E-state index contributed by atoms with van der Waals surface area (Å²) in [5, 5.41) is 10.6. The lowest BCUT2D eigenvalue weighted by Crippen LogP contribution is -2.30. The van der Waals surface area contributed by atoms with Crippen LogP contribution < -0.4 is 0 Å². The molecule has 0 bridgehead atoms. The molecule has 0 aromatic carbocycles. The Balaban J connectivity index is 5.22. The number of phosphoric ester groups is 2. The van der Waals surface area contributed by atoms with Gasteiger partial charge in [-0.05, 0) is 37.5 Å². The van der Waals surface area contributed by atoms with Gasteiger partial charge in [0.1, 0.15) is 19.3 Å². The first kappa shape index (κ1) is 96.1. The SMILES string of the molecule is CCCCCCCCCCCCCCCCCCCCCCC(=O)O[C@H](COC(=O)CCCCCCCCCCCCCCC(C)C)COP(=O)(O)OC[C@@H](O)COP(=O)(O)OC[C@@H](COC(=O)CCCCCCCCC(C)C)OC(=O)CCCCCCCCCCCCCCCC. The third-order valence-electron chi connectivity index (χ3n) is 18.5. The van der Waals surface area contributed by atoms with E-state index in [2.05, 4.69) is 41.5 Å². The van der Waals surface area contributed by atoms with E-state index in [1.807, 2.05) is 0 Å². The van der Waals surface area contributed by atoms with E-state index in [1.54, 1.807) is 0 Å². The highest BCUT2D eigenvalue weighted by atomic mass is 31.2. The molecule has 0 aromatic heterocycles. The minimum atomic E-state index is -4.96. The van der Waals surface area contributed by atoms with Gasteiger partial charge in [0.25, 0.3) is 0 Å². The van der Waals surface area contributed by atoms with E-state index in [-0.39, 0.29) is 25.7 Å². The van der Waals surface area contributed by atoms with E-state index >= 15 is 0 Å². The normalized spacial score (nSPS) is 13.9. The molecule has 0 amide bonds. The van der Waals surface area contributed by atoms with Crippen LogP contribution in [0.3, 0.4) is 0 Å². The second-order valence-electron chi connectivity index (χ2n) is 29.4. The molecule has 2 unspecified atom stereocenters. The molecule has 5 atom stereocenters. The average Bonchev–Trinajstić information content (AvgIpc) is 1.23. The van der Waals surface area contributed by atoms with Gasteiger partial charge in [-0.1, -0.05) is 363 Å². The van der Waals surface area contributed by atoms with Crippen LogP contribution in [-0.4, -0.2) is 96.7 Å². The molecule has 0 rings (SSSR count). The molecule has 98 heavy (non-hydrogen) atoms. The van der Waals surface area contributed by atoms with Gasteiger partial charge in [0.05, 0.1) is 26.4 Å². The highest BCUT2D eigenvalue weighted by Gasteiger charge is 2.30. The second kappa shape index (κ2) is 70.7. The van der Waals surface area contributed by atoms with Crippen molar-refractivity contribution in [3.05, 3.63) is 0 Å². The summed E-state index contributed by atoms with van der Waals surface area (Å²) in [6, 6.07) is 0. The highest BCUT2D eigenvalue weighted by molar-refractivity contribution is 7.47. The number of ether oxygens (including phenoxy) is 4. The molecule has 17 nitrogen and oxygen atoms in total. The first-order valence-electron chi connectivity index (χ1n) is 41.0. The molecule has 0 spiro atoms. The minimum absolute atomic E-state index is 0.107. The average molecular weight is 1440 g/mol. The predicted octanol–water partition coefficient (Wildman–Crippen LogP) is 23.5. The zero-order valence-corrected chi connectivity index (χ0v) is 65.9. The number of hydrogen-bond donors (Lipinski definition) is 3. The molecule has 0 aliphatic heterocycles. The Bertz CT molecular complexity index is 1890. The predicted molar refractivity (Wildman–Crippen MR) is 400 cm³/mol. The number of hydrogen-bond acceptors (Lipinski definition) is 15. The molecular weight excluding hydrogens is 1280 g/mol. The van der Waals surface area contributed by atoms with Gasteiger partial charge < -0.3 is 33.8 Å². The molecule has 0 aromatic rings. The van der Waals surface area contributed by atoms with Crippen LogP contribution in [0.15, 0.2) is 0 Å². The number of rotatable bonds is 78. The summed E-state index contributed by atoms with van der Waals surface area (Å²) < 4.78 is 68.6. The van der Waals surface area contributed by atoms with Crippen molar-refractivity contribution in [2.75, 3.05) is 39.6 Å². The monoisotopic (exact) mass is 1440 g/mol. The van der Waals surface area contributed by atoms with E-state index < -0.39 is 97.5 Å². The molecular formula is C79H154O17P2. The summed E-state index contributed by atoms with van der Waals surface area (Å²) in [6.07, 6.45) is 59.8. The standard InChI is InChI=1S/C79H154O17P2/c1-7-9-11-13-15-17-19-21-23-24-25-26-27-28-30-36-40-44-52-58-64-78(83)95-74(67-89-76(81)61-55-49-42-38-34-32-31-33-37-41-47-53-59-71(3)4)69-93-97(85,86)91-65-73(80)66-92-98(87,88)94-70-75(68-90-77(82)62-56-50-46-45-48-54-60-72(5)6)96-79(84)63-57-51-43-39-35-29-22-20-18-16-14-12-10-8-2/h71-75,80H,7-70H2,1-6H3,(H,85,86)(H,87,88)/t73-,74-,75-/m1/s1. The van der Waals surface area contributed by atoms with Gasteiger partial charge in [-0.25, -0.2) is 9.13 Å². The lowest BCUT2D eigenvalue weighted by atomic mass is 10.0. The Labute approximate surface area is 600 Å². The number of aliphatic hydroxyl groups is 1. The van der Waals surface area contributed by atoms with E-state index in [4.69, 9.17) is 37.0 Å². The molecule has 0 aliphatic carbocycles. The van der Waals surface area contributed by atoms with Crippen LogP contribution in [-0.2, 0) is 65.4 Å². The van der Waals surface area contributed by atoms with E-state index in [1.165, 1.54) is 225 Å². The lowest BCUT2D eigenvalue weighted by Gasteiger charge is -2.21. The Morgan fingerprint density at radius 1 is 0.276 bits per heavy atom. The number of phosphoric acid groups is 2. The molecule has 0 aliphatic rings. The maximum Gasteiger partial charge on any atom is 0.472 e. The molecule has 582 valence electrons. The molecule has 0 saturated heterocycles. The molecule has 0 saturated carbocycles. The molecule has 0 heterocycles. The Kier molecular flexibility index (Phi) is 69.3. The van der Waals surface area contributed by atoms with Gasteiger partial charge in [0, 0.05) is 25.7 Å². The zero-order valence-electron chi connectivity index (χ0n) is 64.1. The van der Waals surface area contributed by atoms with Crippen molar-refractivity contribution in [3.63, 3.8) is 0 Å². The van der Waals surface area contributed by atoms with Crippen molar-refractivity contribution in [2.24, 2.45) is 11.8 Å². The van der Waals surface area contributed by atoms with E-state index in [9.17, 15) is 43.2 Å². The first-order chi connectivity index (χ1) is 47.4. The maximum atomic E-state index is 13.1. The summed E-state index contributed by atoms with van der Waals surface area (Å²) in [6.45, 7) is 9.55. The summed E-state index contributed by atoms with van der Waals surface area (Å²) in [4.78, 5) is 72.9. The van der Waals surface area contributed by atoms with Crippen LogP contribution in [0, 0.1) is 11.8 Å². The second-order valence-corrected chi connectivity index (χ2v) is 32.3. The van der Waals surface area contributed by atoms with Crippen LogP contribution in [0.2, 0.25) is 0 Å². The van der Waals surface area contributed by atoms with Crippen molar-refractivity contribution < 1.29 is 80.2 Å². The maximum absolute atomic E-state index is 13.1. The largest absolute Gasteiger partial charge is 0.472 e. The third-order valence-corrected chi connectivity index (χ3v) is 20.4. The topological polar surface area (TPSA) is 237 Å². The summed E-state index contributed by atoms with van der Waals surface area (Å²) in [5.41, 5.74) is 0. The van der Waals surface area contributed by atoms with Gasteiger partial charge in [-0.3, -0.25) is 37.3 Å². The fourth-order valence-corrected chi connectivity index (χ4v) is 13.8. The molecule has 19 heteroatoms. The Morgan fingerprint density at radius 2 is 0.469 bits per heavy atom. The fraction of sp³-hybridized carbons (Fsp3) is 0.949.